The predicted octanol–water partition coefficient (Wildman–Crippen LogP) is 3.79. The molecule has 1 aromatic carbocycles. The van der Waals surface area contributed by atoms with E-state index in [1.54, 1.807) is 24.4 Å². The minimum Gasteiger partial charge on any atom is -0.355 e. The van der Waals surface area contributed by atoms with Gasteiger partial charge in [-0.15, -0.1) is 0 Å². The number of rotatable bonds is 6. The number of carbonyl (C=O) groups excluding carboxylic acids is 1. The summed E-state index contributed by atoms with van der Waals surface area (Å²) in [5.41, 5.74) is 1.79. The maximum atomic E-state index is 13.0. The van der Waals surface area contributed by atoms with Gasteiger partial charge in [-0.2, -0.15) is 23.3 Å². The van der Waals surface area contributed by atoms with Crippen LogP contribution in [-0.4, -0.2) is 32.0 Å². The number of aromatic nitrogens is 4. The number of halogens is 3. The lowest BCUT2D eigenvalue weighted by molar-refractivity contribution is -0.137. The number of carbonyl (C=O) groups is 1. The van der Waals surface area contributed by atoms with E-state index in [4.69, 9.17) is 0 Å². The Morgan fingerprint density at radius 1 is 1.17 bits per heavy atom. The van der Waals surface area contributed by atoms with Crippen molar-refractivity contribution in [2.24, 2.45) is 0 Å². The molecule has 6 nitrogen and oxygen atoms in total. The number of nitrogens with one attached hydrogen (secondary N) is 1. The first-order valence-electron chi connectivity index (χ1n) is 9.59. The van der Waals surface area contributed by atoms with Crippen molar-refractivity contribution in [1.29, 1.82) is 0 Å². The van der Waals surface area contributed by atoms with Crippen LogP contribution in [0.4, 0.5) is 13.2 Å². The highest BCUT2D eigenvalue weighted by molar-refractivity contribution is 5.76. The first-order valence-corrected chi connectivity index (χ1v) is 9.59. The maximum absolute atomic E-state index is 13.0. The van der Waals surface area contributed by atoms with E-state index in [2.05, 4.69) is 20.4 Å². The molecule has 2 aromatic heterocycles. The Bertz CT molecular complexity index is 1070. The van der Waals surface area contributed by atoms with Gasteiger partial charge in [0.2, 0.25) is 5.91 Å². The third kappa shape index (κ3) is 4.60. The Kier molecular flexibility index (Phi) is 5.83. The monoisotopic (exact) mass is 419 g/mol. The molecule has 9 heteroatoms. The van der Waals surface area contributed by atoms with E-state index in [9.17, 15) is 18.0 Å². The number of hydrogen-bond acceptors (Lipinski definition) is 4. The lowest BCUT2D eigenvalue weighted by Gasteiger charge is -2.26. The summed E-state index contributed by atoms with van der Waals surface area (Å²) >= 11 is 0. The van der Waals surface area contributed by atoms with Gasteiger partial charge in [0.15, 0.2) is 0 Å². The van der Waals surface area contributed by atoms with Crippen LogP contribution in [-0.2, 0) is 22.8 Å². The van der Waals surface area contributed by atoms with Crippen LogP contribution in [0.15, 0.2) is 30.6 Å². The zero-order valence-corrected chi connectivity index (χ0v) is 17.3. The molecule has 0 saturated carbocycles. The summed E-state index contributed by atoms with van der Waals surface area (Å²) in [4.78, 5) is 20.9. The molecule has 3 rings (SSSR count). The molecule has 0 saturated heterocycles. The van der Waals surface area contributed by atoms with E-state index in [-0.39, 0.29) is 18.9 Å². The summed E-state index contributed by atoms with van der Waals surface area (Å²) in [6.45, 7) is 7.61. The van der Waals surface area contributed by atoms with Crippen LogP contribution in [0.1, 0.15) is 48.3 Å². The zero-order chi connectivity index (χ0) is 22.1. The Labute approximate surface area is 172 Å². The highest BCUT2D eigenvalue weighted by Gasteiger charge is 2.32. The number of nitrogens with zero attached hydrogens (tertiary/aromatic N) is 4. The summed E-state index contributed by atoms with van der Waals surface area (Å²) in [5, 5.41) is 6.98. The second-order valence-corrected chi connectivity index (χ2v) is 7.97. The highest BCUT2D eigenvalue weighted by Crippen LogP contribution is 2.32. The molecule has 0 aliphatic rings. The second kappa shape index (κ2) is 8.04. The molecule has 0 bridgehead atoms. The Morgan fingerprint density at radius 3 is 2.57 bits per heavy atom. The SMILES string of the molecule is Cc1nc2ncnn2c(C)c1CCC(=O)NCC(C)(C)c1cccc(C(F)(F)F)c1. The van der Waals surface area contributed by atoms with Gasteiger partial charge < -0.3 is 5.32 Å². The molecule has 1 N–H and O–H groups in total. The number of hydrogen-bond donors (Lipinski definition) is 1. The Hall–Kier alpha value is -2.97. The van der Waals surface area contributed by atoms with E-state index < -0.39 is 17.2 Å². The molecular weight excluding hydrogens is 395 g/mol. The minimum atomic E-state index is -4.40. The fourth-order valence-corrected chi connectivity index (χ4v) is 3.38. The van der Waals surface area contributed by atoms with Gasteiger partial charge in [-0.25, -0.2) is 9.50 Å². The molecule has 0 spiro atoms. The normalized spacial score (nSPS) is 12.4. The van der Waals surface area contributed by atoms with E-state index in [1.165, 1.54) is 12.4 Å². The third-order valence-electron chi connectivity index (χ3n) is 5.29. The number of fused-ring (bicyclic) bond motifs is 1. The van der Waals surface area contributed by atoms with Gasteiger partial charge in [-0.05, 0) is 37.5 Å². The van der Waals surface area contributed by atoms with Gasteiger partial charge in [-0.3, -0.25) is 4.79 Å². The topological polar surface area (TPSA) is 72.2 Å². The molecule has 2 heterocycles. The number of alkyl halides is 3. The van der Waals surface area contributed by atoms with Gasteiger partial charge in [0.25, 0.3) is 5.78 Å². The van der Waals surface area contributed by atoms with Gasteiger partial charge >= 0.3 is 6.18 Å². The van der Waals surface area contributed by atoms with Gasteiger partial charge in [0.1, 0.15) is 6.33 Å². The van der Waals surface area contributed by atoms with Crippen LogP contribution in [0.2, 0.25) is 0 Å². The van der Waals surface area contributed by atoms with Crippen molar-refractivity contribution < 1.29 is 18.0 Å². The highest BCUT2D eigenvalue weighted by atomic mass is 19.4. The van der Waals surface area contributed by atoms with E-state index in [1.807, 2.05) is 13.8 Å². The second-order valence-electron chi connectivity index (χ2n) is 7.97. The van der Waals surface area contributed by atoms with Crippen LogP contribution in [0, 0.1) is 13.8 Å². The summed E-state index contributed by atoms with van der Waals surface area (Å²) < 4.78 is 40.6. The molecule has 0 aliphatic heterocycles. The largest absolute Gasteiger partial charge is 0.416 e. The van der Waals surface area contributed by atoms with Crippen LogP contribution < -0.4 is 5.32 Å². The summed E-state index contributed by atoms with van der Waals surface area (Å²) in [7, 11) is 0. The molecule has 0 aliphatic carbocycles. The maximum Gasteiger partial charge on any atom is 0.416 e. The molecule has 0 fully saturated rings. The molecule has 3 aromatic rings. The fraction of sp³-hybridized carbons (Fsp3) is 0.429. The quantitative estimate of drug-likeness (QED) is 0.660. The predicted molar refractivity (Wildman–Crippen MR) is 106 cm³/mol. The molecular formula is C21H24F3N5O. The number of amides is 1. The molecule has 0 atom stereocenters. The van der Waals surface area contributed by atoms with Crippen molar-refractivity contribution >= 4 is 11.7 Å². The first-order chi connectivity index (χ1) is 14.0. The van der Waals surface area contributed by atoms with Crippen molar-refractivity contribution in [3.8, 4) is 0 Å². The lowest BCUT2D eigenvalue weighted by atomic mass is 9.83. The van der Waals surface area contributed by atoms with Gasteiger partial charge in [0, 0.05) is 29.8 Å². The fourth-order valence-electron chi connectivity index (χ4n) is 3.38. The third-order valence-corrected chi connectivity index (χ3v) is 5.29. The molecule has 30 heavy (non-hydrogen) atoms. The van der Waals surface area contributed by atoms with Crippen LogP contribution in [0.25, 0.3) is 5.78 Å². The standard InChI is InChI=1S/C21H24F3N5O/c1-13-17(14(2)29-19(28-13)26-12-27-29)8-9-18(30)25-11-20(3,4)15-6-5-7-16(10-15)21(22,23)24/h5-7,10,12H,8-9,11H2,1-4H3,(H,25,30). The van der Waals surface area contributed by atoms with Crippen LogP contribution >= 0.6 is 0 Å². The van der Waals surface area contributed by atoms with Gasteiger partial charge in [0.05, 0.1) is 5.56 Å². The van der Waals surface area contributed by atoms with Crippen molar-refractivity contribution in [2.45, 2.75) is 52.1 Å². The van der Waals surface area contributed by atoms with Crippen molar-refractivity contribution in [1.82, 2.24) is 24.9 Å². The molecule has 0 radical (unpaired) electrons. The number of aryl methyl sites for hydroxylation is 2. The Balaban J connectivity index is 1.63. The van der Waals surface area contributed by atoms with Crippen LogP contribution in [0.3, 0.4) is 0 Å². The summed E-state index contributed by atoms with van der Waals surface area (Å²) in [6, 6.07) is 5.22. The minimum absolute atomic E-state index is 0.174. The Morgan fingerprint density at radius 2 is 1.87 bits per heavy atom. The summed E-state index contributed by atoms with van der Waals surface area (Å²) in [6.07, 6.45) is -2.25. The number of benzene rings is 1. The first kappa shape index (κ1) is 21.7. The van der Waals surface area contributed by atoms with Gasteiger partial charge in [-0.1, -0.05) is 32.0 Å². The van der Waals surface area contributed by atoms with Crippen molar-refractivity contribution in [3.05, 3.63) is 58.7 Å². The van der Waals surface area contributed by atoms with E-state index in [0.29, 0.717) is 17.8 Å². The average Bonchev–Trinajstić information content (AvgIpc) is 3.14. The van der Waals surface area contributed by atoms with Crippen LogP contribution in [0.5, 0.6) is 0 Å². The smallest absolute Gasteiger partial charge is 0.355 e. The average molecular weight is 419 g/mol. The molecule has 1 amide bonds. The van der Waals surface area contributed by atoms with Crippen molar-refractivity contribution in [3.63, 3.8) is 0 Å². The van der Waals surface area contributed by atoms with Crippen molar-refractivity contribution in [2.75, 3.05) is 6.54 Å². The van der Waals surface area contributed by atoms with E-state index in [0.717, 1.165) is 29.1 Å². The summed E-state index contributed by atoms with van der Waals surface area (Å²) in [5.74, 6) is 0.341. The molecule has 0 unspecified atom stereocenters. The lowest BCUT2D eigenvalue weighted by Crippen LogP contribution is -2.37. The zero-order valence-electron chi connectivity index (χ0n) is 17.3. The van der Waals surface area contributed by atoms with E-state index >= 15 is 0 Å². The molecule has 160 valence electrons.